The molecule has 0 unspecified atom stereocenters. The summed E-state index contributed by atoms with van der Waals surface area (Å²) in [5.41, 5.74) is 0.510. The van der Waals surface area contributed by atoms with E-state index in [1.165, 1.54) is 41.6 Å². The molecular weight excluding hydrogens is 452 g/mol. The fourth-order valence-electron chi connectivity index (χ4n) is 3.82. The second kappa shape index (κ2) is 10.8. The van der Waals surface area contributed by atoms with E-state index in [0.717, 1.165) is 12.5 Å². The van der Waals surface area contributed by atoms with Crippen molar-refractivity contribution in [1.29, 1.82) is 0 Å². The van der Waals surface area contributed by atoms with E-state index in [2.05, 4.69) is 10.6 Å². The molecule has 33 heavy (non-hydrogen) atoms. The second-order valence-electron chi connectivity index (χ2n) is 8.00. The maximum atomic E-state index is 13.6. The predicted molar refractivity (Wildman–Crippen MR) is 119 cm³/mol. The van der Waals surface area contributed by atoms with E-state index in [1.807, 2.05) is 0 Å². The van der Waals surface area contributed by atoms with Gasteiger partial charge in [-0.15, -0.1) is 0 Å². The van der Waals surface area contributed by atoms with Gasteiger partial charge >= 0.3 is 11.8 Å². The molecule has 1 fully saturated rings. The molecule has 2 N–H and O–H groups in total. The second-order valence-corrected chi connectivity index (χ2v) is 9.89. The summed E-state index contributed by atoms with van der Waals surface area (Å²) in [4.78, 5) is 24.1. The highest BCUT2D eigenvalue weighted by Gasteiger charge is 2.33. The number of carbonyl (C=O) groups is 2. The van der Waals surface area contributed by atoms with Crippen LogP contribution in [0, 0.1) is 18.6 Å². The molecule has 0 spiro atoms. The molecule has 1 saturated heterocycles. The van der Waals surface area contributed by atoms with Crippen LogP contribution in [0.1, 0.15) is 36.8 Å². The molecule has 0 saturated carbocycles. The summed E-state index contributed by atoms with van der Waals surface area (Å²) in [6, 6.07) is 9.29. The standard InChI is InChI=1S/C23H27F2N3O4S/c1-16-14-19(9-10-20(16)24)33(31,32)28-13-5-4-7-18(28)11-12-26-22(29)23(30)27-15-17-6-2-3-8-21(17)25/h2-3,6,8-10,14,18H,4-5,7,11-13,15H2,1H3,(H,26,29)(H,27,30)/t18-/m0/s1. The van der Waals surface area contributed by atoms with Gasteiger partial charge < -0.3 is 10.6 Å². The molecule has 0 aromatic heterocycles. The van der Waals surface area contributed by atoms with E-state index in [1.54, 1.807) is 6.07 Å². The van der Waals surface area contributed by atoms with Gasteiger partial charge in [-0.05, 0) is 56.0 Å². The van der Waals surface area contributed by atoms with Gasteiger partial charge in [0.05, 0.1) is 4.90 Å². The van der Waals surface area contributed by atoms with Crippen molar-refractivity contribution in [3.05, 3.63) is 65.2 Å². The number of piperidine rings is 1. The number of nitrogens with one attached hydrogen (secondary N) is 2. The molecule has 1 atom stereocenters. The monoisotopic (exact) mass is 479 g/mol. The van der Waals surface area contributed by atoms with Gasteiger partial charge in [0, 0.05) is 31.2 Å². The van der Waals surface area contributed by atoms with Crippen molar-refractivity contribution in [2.45, 2.75) is 50.1 Å². The van der Waals surface area contributed by atoms with Crippen molar-refractivity contribution in [1.82, 2.24) is 14.9 Å². The van der Waals surface area contributed by atoms with Crippen LogP contribution in [0.2, 0.25) is 0 Å². The number of rotatable bonds is 7. The van der Waals surface area contributed by atoms with Crippen molar-refractivity contribution in [2.24, 2.45) is 0 Å². The molecule has 7 nitrogen and oxygen atoms in total. The zero-order valence-corrected chi connectivity index (χ0v) is 19.1. The molecule has 0 bridgehead atoms. The first kappa shape index (κ1) is 24.8. The van der Waals surface area contributed by atoms with E-state index in [0.29, 0.717) is 25.8 Å². The first-order chi connectivity index (χ1) is 15.7. The third-order valence-corrected chi connectivity index (χ3v) is 7.62. The summed E-state index contributed by atoms with van der Waals surface area (Å²) < 4.78 is 54.9. The Labute approximate surface area is 192 Å². The van der Waals surface area contributed by atoms with Gasteiger partial charge in [-0.2, -0.15) is 4.31 Å². The molecule has 1 heterocycles. The van der Waals surface area contributed by atoms with Gasteiger partial charge in [-0.1, -0.05) is 24.6 Å². The molecule has 1 aliphatic rings. The Hall–Kier alpha value is -2.85. The lowest BCUT2D eigenvalue weighted by atomic mass is 10.0. The Balaban J connectivity index is 1.55. The average molecular weight is 480 g/mol. The molecule has 2 amide bonds. The maximum Gasteiger partial charge on any atom is 0.309 e. The van der Waals surface area contributed by atoms with Crippen LogP contribution in [0.5, 0.6) is 0 Å². The summed E-state index contributed by atoms with van der Waals surface area (Å²) in [5.74, 6) is -2.72. The minimum atomic E-state index is -3.82. The van der Waals surface area contributed by atoms with Crippen molar-refractivity contribution in [3.63, 3.8) is 0 Å². The number of hydrogen-bond donors (Lipinski definition) is 2. The van der Waals surface area contributed by atoms with Gasteiger partial charge in [0.15, 0.2) is 0 Å². The van der Waals surface area contributed by atoms with Gasteiger partial charge in [-0.25, -0.2) is 17.2 Å². The van der Waals surface area contributed by atoms with Gasteiger partial charge in [-0.3, -0.25) is 9.59 Å². The molecular formula is C23H27F2N3O4S. The van der Waals surface area contributed by atoms with E-state index < -0.39 is 33.5 Å². The van der Waals surface area contributed by atoms with E-state index in [9.17, 15) is 26.8 Å². The average Bonchev–Trinajstić information content (AvgIpc) is 2.80. The maximum absolute atomic E-state index is 13.6. The van der Waals surface area contributed by atoms with Crippen LogP contribution in [0.15, 0.2) is 47.4 Å². The van der Waals surface area contributed by atoms with Crippen molar-refractivity contribution in [2.75, 3.05) is 13.1 Å². The Morgan fingerprint density at radius 3 is 2.48 bits per heavy atom. The lowest BCUT2D eigenvalue weighted by molar-refractivity contribution is -0.139. The first-order valence-electron chi connectivity index (χ1n) is 10.8. The third kappa shape index (κ3) is 6.14. The highest BCUT2D eigenvalue weighted by molar-refractivity contribution is 7.89. The van der Waals surface area contributed by atoms with Crippen LogP contribution in [0.4, 0.5) is 8.78 Å². The number of aryl methyl sites for hydroxylation is 1. The minimum absolute atomic E-state index is 0.0323. The highest BCUT2D eigenvalue weighted by Crippen LogP contribution is 2.27. The Morgan fingerprint density at radius 1 is 1.03 bits per heavy atom. The lowest BCUT2D eigenvalue weighted by Gasteiger charge is -2.34. The van der Waals surface area contributed by atoms with Crippen LogP contribution in [0.3, 0.4) is 0 Å². The zero-order chi connectivity index (χ0) is 24.0. The van der Waals surface area contributed by atoms with Crippen molar-refractivity contribution >= 4 is 21.8 Å². The molecule has 2 aromatic carbocycles. The molecule has 0 aliphatic carbocycles. The Morgan fingerprint density at radius 2 is 1.76 bits per heavy atom. The normalized spacial score (nSPS) is 16.9. The molecule has 10 heteroatoms. The minimum Gasteiger partial charge on any atom is -0.348 e. The summed E-state index contributed by atoms with van der Waals surface area (Å²) in [6.07, 6.45) is 2.50. The van der Waals surface area contributed by atoms with Gasteiger partial charge in [0.25, 0.3) is 0 Å². The number of amides is 2. The number of hydrogen-bond acceptors (Lipinski definition) is 4. The van der Waals surface area contributed by atoms with Gasteiger partial charge in [0.2, 0.25) is 10.0 Å². The molecule has 0 radical (unpaired) electrons. The SMILES string of the molecule is Cc1cc(S(=O)(=O)N2CCCC[C@H]2CCNC(=O)C(=O)NCc2ccccc2F)ccc1F. The molecule has 1 aliphatic heterocycles. The largest absolute Gasteiger partial charge is 0.348 e. The number of carbonyl (C=O) groups excluding carboxylic acids is 2. The van der Waals surface area contributed by atoms with Crippen LogP contribution < -0.4 is 10.6 Å². The van der Waals surface area contributed by atoms with Gasteiger partial charge in [0.1, 0.15) is 11.6 Å². The fourth-order valence-corrected chi connectivity index (χ4v) is 5.63. The molecule has 178 valence electrons. The summed E-state index contributed by atoms with van der Waals surface area (Å²) in [5, 5.41) is 4.86. The Kier molecular flexibility index (Phi) is 8.15. The highest BCUT2D eigenvalue weighted by atomic mass is 32.2. The summed E-state index contributed by atoms with van der Waals surface area (Å²) in [7, 11) is -3.82. The van der Waals surface area contributed by atoms with E-state index in [4.69, 9.17) is 0 Å². The van der Waals surface area contributed by atoms with Crippen LogP contribution in [-0.2, 0) is 26.2 Å². The van der Waals surface area contributed by atoms with Crippen molar-refractivity contribution < 1.29 is 26.8 Å². The number of nitrogens with zero attached hydrogens (tertiary/aromatic N) is 1. The molecule has 2 aromatic rings. The van der Waals surface area contributed by atoms with E-state index in [-0.39, 0.29) is 35.2 Å². The summed E-state index contributed by atoms with van der Waals surface area (Å²) in [6.45, 7) is 1.82. The predicted octanol–water partition coefficient (Wildman–Crippen LogP) is 2.64. The van der Waals surface area contributed by atoms with E-state index >= 15 is 0 Å². The smallest absolute Gasteiger partial charge is 0.309 e. The lowest BCUT2D eigenvalue weighted by Crippen LogP contribution is -2.46. The topological polar surface area (TPSA) is 95.6 Å². The first-order valence-corrected chi connectivity index (χ1v) is 12.2. The van der Waals surface area contributed by atoms with Crippen LogP contribution >= 0.6 is 0 Å². The number of halogens is 2. The Bertz CT molecular complexity index is 1120. The van der Waals surface area contributed by atoms with Crippen LogP contribution in [-0.4, -0.2) is 43.7 Å². The zero-order valence-electron chi connectivity index (χ0n) is 18.3. The number of sulfonamides is 1. The third-order valence-electron chi connectivity index (χ3n) is 5.68. The van der Waals surface area contributed by atoms with Crippen molar-refractivity contribution in [3.8, 4) is 0 Å². The molecule has 3 rings (SSSR count). The summed E-state index contributed by atoms with van der Waals surface area (Å²) >= 11 is 0. The fraction of sp³-hybridized carbons (Fsp3) is 0.391. The van der Waals surface area contributed by atoms with Crippen LogP contribution in [0.25, 0.3) is 0 Å². The number of benzene rings is 2. The quantitative estimate of drug-likeness (QED) is 0.597.